The number of aryl methyl sites for hydroxylation is 1. The quantitative estimate of drug-likeness (QED) is 0.466. The Morgan fingerprint density at radius 2 is 1.92 bits per heavy atom. The van der Waals surface area contributed by atoms with Gasteiger partial charge in [0.15, 0.2) is 11.5 Å². The number of ether oxygens (including phenoxy) is 2. The predicted molar refractivity (Wildman–Crippen MR) is 97.1 cm³/mol. The summed E-state index contributed by atoms with van der Waals surface area (Å²) in [5.74, 6) is 0.493. The van der Waals surface area contributed by atoms with Crippen molar-refractivity contribution in [3.63, 3.8) is 0 Å². The number of hydrogen-bond donors (Lipinski definition) is 1. The van der Waals surface area contributed by atoms with Crippen molar-refractivity contribution in [2.75, 3.05) is 14.2 Å². The minimum absolute atomic E-state index is 0.0302. The second-order valence-corrected chi connectivity index (χ2v) is 5.27. The first kappa shape index (κ1) is 18.9. The molecule has 1 N–H and O–H groups in total. The van der Waals surface area contributed by atoms with Gasteiger partial charge in [-0.25, -0.2) is 5.43 Å². The average Bonchev–Trinajstić information content (AvgIpc) is 2.67. The number of nitro benzene ring substituents is 1. The molecule has 2 aromatic carbocycles. The van der Waals surface area contributed by atoms with Crippen molar-refractivity contribution >= 4 is 17.8 Å². The molecule has 0 heterocycles. The Hall–Kier alpha value is -3.42. The molecule has 0 saturated carbocycles. The van der Waals surface area contributed by atoms with Crippen LogP contribution >= 0.6 is 0 Å². The van der Waals surface area contributed by atoms with Crippen LogP contribution in [0.3, 0.4) is 0 Å². The molecule has 0 fully saturated rings. The van der Waals surface area contributed by atoms with E-state index in [9.17, 15) is 14.9 Å². The summed E-state index contributed by atoms with van der Waals surface area (Å²) in [4.78, 5) is 22.8. The van der Waals surface area contributed by atoms with Gasteiger partial charge in [-0.2, -0.15) is 5.10 Å². The van der Waals surface area contributed by atoms with Crippen LogP contribution in [0.25, 0.3) is 0 Å². The summed E-state index contributed by atoms with van der Waals surface area (Å²) in [6, 6.07) is 9.53. The summed E-state index contributed by atoms with van der Waals surface area (Å²) in [7, 11) is 2.98. The van der Waals surface area contributed by atoms with Gasteiger partial charge in [-0.05, 0) is 24.6 Å². The Labute approximate surface area is 150 Å². The molecule has 2 rings (SSSR count). The zero-order valence-electron chi connectivity index (χ0n) is 14.7. The highest BCUT2D eigenvalue weighted by Crippen LogP contribution is 2.27. The number of carbonyl (C=O) groups excluding carboxylic acids is 1. The topological polar surface area (TPSA) is 103 Å². The largest absolute Gasteiger partial charge is 0.493 e. The number of hydrazone groups is 1. The fraction of sp³-hybridized carbons (Fsp3) is 0.222. The maximum Gasteiger partial charge on any atom is 0.273 e. The van der Waals surface area contributed by atoms with Crippen LogP contribution in [-0.4, -0.2) is 31.3 Å². The minimum Gasteiger partial charge on any atom is -0.493 e. The van der Waals surface area contributed by atoms with Crippen LogP contribution in [0.4, 0.5) is 5.69 Å². The monoisotopic (exact) mass is 357 g/mol. The van der Waals surface area contributed by atoms with Gasteiger partial charge in [-0.15, -0.1) is 0 Å². The lowest BCUT2D eigenvalue weighted by Gasteiger charge is -2.08. The Morgan fingerprint density at radius 3 is 2.54 bits per heavy atom. The molecule has 0 bridgehead atoms. The Morgan fingerprint density at radius 1 is 1.19 bits per heavy atom. The third kappa shape index (κ3) is 4.35. The maximum absolute atomic E-state index is 12.1. The zero-order valence-corrected chi connectivity index (χ0v) is 14.7. The summed E-state index contributed by atoms with van der Waals surface area (Å²) in [5.41, 5.74) is 3.90. The second kappa shape index (κ2) is 8.61. The lowest BCUT2D eigenvalue weighted by molar-refractivity contribution is -0.385. The van der Waals surface area contributed by atoms with Gasteiger partial charge in [0.05, 0.1) is 25.4 Å². The molecule has 2 aromatic rings. The molecule has 0 aromatic heterocycles. The molecule has 26 heavy (non-hydrogen) atoms. The van der Waals surface area contributed by atoms with Crippen molar-refractivity contribution in [1.29, 1.82) is 0 Å². The first-order valence-electron chi connectivity index (χ1n) is 7.82. The highest BCUT2D eigenvalue weighted by molar-refractivity contribution is 5.95. The van der Waals surface area contributed by atoms with Gasteiger partial charge < -0.3 is 9.47 Å². The first-order chi connectivity index (χ1) is 12.5. The van der Waals surface area contributed by atoms with Gasteiger partial charge in [-0.3, -0.25) is 14.9 Å². The van der Waals surface area contributed by atoms with E-state index in [1.807, 2.05) is 6.92 Å². The Bertz CT molecular complexity index is 849. The van der Waals surface area contributed by atoms with Gasteiger partial charge in [-0.1, -0.05) is 19.1 Å². The van der Waals surface area contributed by atoms with E-state index < -0.39 is 10.8 Å². The molecular weight excluding hydrogens is 338 g/mol. The number of hydrogen-bond acceptors (Lipinski definition) is 6. The minimum atomic E-state index is -0.443. The van der Waals surface area contributed by atoms with Crippen molar-refractivity contribution in [1.82, 2.24) is 5.43 Å². The molecule has 0 aliphatic carbocycles. The van der Waals surface area contributed by atoms with E-state index in [1.54, 1.807) is 24.3 Å². The van der Waals surface area contributed by atoms with E-state index in [1.165, 1.54) is 32.6 Å². The van der Waals surface area contributed by atoms with Crippen LogP contribution in [0.15, 0.2) is 41.5 Å². The molecule has 0 radical (unpaired) electrons. The van der Waals surface area contributed by atoms with Crippen LogP contribution in [-0.2, 0) is 6.42 Å². The molecule has 0 unspecified atom stereocenters. The number of nitro groups is 1. The lowest BCUT2D eigenvalue weighted by atomic mass is 10.1. The van der Waals surface area contributed by atoms with Gasteiger partial charge in [0.2, 0.25) is 0 Å². The SMILES string of the molecule is CCc1ccc(/C=N\NC(=O)c2ccc(OC)c(OC)c2)cc1[N+](=O)[O-]. The van der Waals surface area contributed by atoms with Gasteiger partial charge in [0.25, 0.3) is 11.6 Å². The van der Waals surface area contributed by atoms with Crippen LogP contribution in [0.1, 0.15) is 28.4 Å². The van der Waals surface area contributed by atoms with Crippen LogP contribution in [0.5, 0.6) is 11.5 Å². The highest BCUT2D eigenvalue weighted by atomic mass is 16.6. The number of rotatable bonds is 7. The number of methoxy groups -OCH3 is 2. The van der Waals surface area contributed by atoms with Crippen LogP contribution in [0, 0.1) is 10.1 Å². The number of nitrogens with one attached hydrogen (secondary N) is 1. The molecule has 8 nitrogen and oxygen atoms in total. The number of benzene rings is 2. The summed E-state index contributed by atoms with van der Waals surface area (Å²) in [6.07, 6.45) is 1.91. The van der Waals surface area contributed by atoms with E-state index >= 15 is 0 Å². The molecule has 0 saturated heterocycles. The van der Waals surface area contributed by atoms with E-state index in [2.05, 4.69) is 10.5 Å². The average molecular weight is 357 g/mol. The van der Waals surface area contributed by atoms with Gasteiger partial charge >= 0.3 is 0 Å². The summed E-state index contributed by atoms with van der Waals surface area (Å²) in [6.45, 7) is 1.85. The normalized spacial score (nSPS) is 10.6. The predicted octanol–water partition coefficient (Wildman–Crippen LogP) is 2.94. The smallest absolute Gasteiger partial charge is 0.273 e. The van der Waals surface area contributed by atoms with Crippen molar-refractivity contribution in [2.45, 2.75) is 13.3 Å². The van der Waals surface area contributed by atoms with Gasteiger partial charge in [0, 0.05) is 22.8 Å². The number of amides is 1. The molecule has 8 heteroatoms. The molecule has 136 valence electrons. The van der Waals surface area contributed by atoms with Crippen molar-refractivity contribution in [2.24, 2.45) is 5.10 Å². The summed E-state index contributed by atoms with van der Waals surface area (Å²) in [5, 5.41) is 14.9. The first-order valence-corrected chi connectivity index (χ1v) is 7.82. The third-order valence-corrected chi connectivity index (χ3v) is 3.71. The van der Waals surface area contributed by atoms with Crippen molar-refractivity contribution in [3.05, 3.63) is 63.2 Å². The molecule has 0 aliphatic rings. The van der Waals surface area contributed by atoms with E-state index in [0.717, 1.165) is 0 Å². The summed E-state index contributed by atoms with van der Waals surface area (Å²) < 4.78 is 10.3. The Kier molecular flexibility index (Phi) is 6.26. The molecular formula is C18H19N3O5. The van der Waals surface area contributed by atoms with E-state index in [4.69, 9.17) is 9.47 Å². The fourth-order valence-electron chi connectivity index (χ4n) is 2.34. The zero-order chi connectivity index (χ0) is 19.1. The van der Waals surface area contributed by atoms with E-state index in [-0.39, 0.29) is 5.69 Å². The lowest BCUT2D eigenvalue weighted by Crippen LogP contribution is -2.17. The molecule has 0 spiro atoms. The molecule has 1 amide bonds. The third-order valence-electron chi connectivity index (χ3n) is 3.71. The van der Waals surface area contributed by atoms with Crippen LogP contribution < -0.4 is 14.9 Å². The highest BCUT2D eigenvalue weighted by Gasteiger charge is 2.13. The molecule has 0 aliphatic heterocycles. The number of nitrogens with zero attached hydrogens (tertiary/aromatic N) is 2. The van der Waals surface area contributed by atoms with Gasteiger partial charge in [0.1, 0.15) is 0 Å². The van der Waals surface area contributed by atoms with Crippen molar-refractivity contribution in [3.8, 4) is 11.5 Å². The van der Waals surface area contributed by atoms with E-state index in [0.29, 0.717) is 34.6 Å². The van der Waals surface area contributed by atoms with Crippen molar-refractivity contribution < 1.29 is 19.2 Å². The number of carbonyl (C=O) groups is 1. The Balaban J connectivity index is 2.12. The summed E-state index contributed by atoms with van der Waals surface area (Å²) >= 11 is 0. The van der Waals surface area contributed by atoms with Crippen LogP contribution in [0.2, 0.25) is 0 Å². The fourth-order valence-corrected chi connectivity index (χ4v) is 2.34. The maximum atomic E-state index is 12.1. The second-order valence-electron chi connectivity index (χ2n) is 5.27. The molecule has 0 atom stereocenters. The standard InChI is InChI=1S/C18H19N3O5/c1-4-13-6-5-12(9-15(13)21(23)24)11-19-20-18(22)14-7-8-16(25-2)17(10-14)26-3/h5-11H,4H2,1-3H3,(H,20,22)/b19-11-.